The Kier molecular flexibility index (Phi) is 16.3. The van der Waals surface area contributed by atoms with Crippen LogP contribution in [0.4, 0.5) is 16.0 Å². The van der Waals surface area contributed by atoms with E-state index in [1.54, 1.807) is 0 Å². The van der Waals surface area contributed by atoms with Gasteiger partial charge in [0.2, 0.25) is 16.2 Å². The number of hydrogen-bond acceptors (Lipinski definition) is 6. The Labute approximate surface area is 216 Å². The van der Waals surface area contributed by atoms with Crippen molar-refractivity contribution in [2.45, 2.75) is 96.8 Å². The zero-order chi connectivity index (χ0) is 24.8. The van der Waals surface area contributed by atoms with E-state index in [1.807, 2.05) is 30.3 Å². The summed E-state index contributed by atoms with van der Waals surface area (Å²) in [6.45, 7) is 3.77. The highest BCUT2D eigenvalue weighted by Crippen LogP contribution is 2.20. The summed E-state index contributed by atoms with van der Waals surface area (Å²) in [5, 5.41) is 18.9. The van der Waals surface area contributed by atoms with E-state index in [9.17, 15) is 4.79 Å². The van der Waals surface area contributed by atoms with Crippen molar-refractivity contribution in [3.05, 3.63) is 42.5 Å². The average molecular weight is 500 g/mol. The van der Waals surface area contributed by atoms with Gasteiger partial charge in [0.25, 0.3) is 0 Å². The molecule has 0 spiro atoms. The first-order valence-electron chi connectivity index (χ1n) is 13.6. The van der Waals surface area contributed by atoms with Crippen molar-refractivity contribution in [2.24, 2.45) is 0 Å². The highest BCUT2D eigenvalue weighted by atomic mass is 32.1. The molecule has 0 aliphatic heterocycles. The van der Waals surface area contributed by atoms with Crippen LogP contribution < -0.4 is 16.0 Å². The molecule has 1 aromatic heterocycles. The third kappa shape index (κ3) is 15.2. The van der Waals surface area contributed by atoms with E-state index in [-0.39, 0.29) is 5.91 Å². The second-order valence-electron chi connectivity index (χ2n) is 9.01. The predicted octanol–water partition coefficient (Wildman–Crippen LogP) is 8.04. The SMILES string of the molecule is CCCCCCCC/C=C/CCCCCCCC(=O)Nc1nnc(NCCNc2ccccc2)s1. The van der Waals surface area contributed by atoms with Gasteiger partial charge in [0, 0.05) is 25.2 Å². The van der Waals surface area contributed by atoms with Crippen molar-refractivity contribution in [3.63, 3.8) is 0 Å². The number of unbranched alkanes of at least 4 members (excludes halogenated alkanes) is 11. The van der Waals surface area contributed by atoms with Crippen molar-refractivity contribution in [1.29, 1.82) is 0 Å². The van der Waals surface area contributed by atoms with E-state index in [4.69, 9.17) is 0 Å². The number of carbonyl (C=O) groups is 1. The summed E-state index contributed by atoms with van der Waals surface area (Å²) in [5.74, 6) is 0.0241. The maximum atomic E-state index is 12.2. The first kappa shape index (κ1) is 28.8. The number of para-hydroxylation sites is 1. The Balaban J connectivity index is 1.40. The third-order valence-corrected chi connectivity index (χ3v) is 6.64. The van der Waals surface area contributed by atoms with Crippen LogP contribution in [0.15, 0.2) is 42.5 Å². The number of hydrogen-bond donors (Lipinski definition) is 3. The lowest BCUT2D eigenvalue weighted by Crippen LogP contribution is -2.13. The van der Waals surface area contributed by atoms with Gasteiger partial charge >= 0.3 is 0 Å². The zero-order valence-electron chi connectivity index (χ0n) is 21.6. The summed E-state index contributed by atoms with van der Waals surface area (Å²) in [6, 6.07) is 10.1. The summed E-state index contributed by atoms with van der Waals surface area (Å²) in [5.41, 5.74) is 1.09. The molecule has 1 heterocycles. The fourth-order valence-electron chi connectivity index (χ4n) is 3.82. The molecule has 0 fully saturated rings. The number of anilines is 3. The second-order valence-corrected chi connectivity index (χ2v) is 9.99. The molecule has 3 N–H and O–H groups in total. The number of rotatable bonds is 21. The minimum absolute atomic E-state index is 0.0241. The fourth-order valence-corrected chi connectivity index (χ4v) is 4.50. The molecule has 2 rings (SSSR count). The molecular weight excluding hydrogens is 454 g/mol. The lowest BCUT2D eigenvalue weighted by molar-refractivity contribution is -0.116. The topological polar surface area (TPSA) is 78.9 Å². The van der Waals surface area contributed by atoms with Crippen LogP contribution in [0.3, 0.4) is 0 Å². The molecule has 6 nitrogen and oxygen atoms in total. The summed E-state index contributed by atoms with van der Waals surface area (Å²) in [6.07, 6.45) is 21.6. The van der Waals surface area contributed by atoms with Crippen LogP contribution in [-0.4, -0.2) is 29.2 Å². The largest absolute Gasteiger partial charge is 0.383 e. The second kappa shape index (κ2) is 19.8. The van der Waals surface area contributed by atoms with Gasteiger partial charge in [0.05, 0.1) is 0 Å². The average Bonchev–Trinajstić information content (AvgIpc) is 3.32. The van der Waals surface area contributed by atoms with Crippen LogP contribution in [0, 0.1) is 0 Å². The van der Waals surface area contributed by atoms with Crippen LogP contribution >= 0.6 is 11.3 Å². The molecule has 0 aliphatic rings. The normalized spacial score (nSPS) is 11.1. The van der Waals surface area contributed by atoms with E-state index in [1.165, 1.54) is 82.0 Å². The van der Waals surface area contributed by atoms with Crippen molar-refractivity contribution in [2.75, 3.05) is 29.0 Å². The maximum absolute atomic E-state index is 12.2. The van der Waals surface area contributed by atoms with Crippen molar-refractivity contribution >= 4 is 33.2 Å². The van der Waals surface area contributed by atoms with Crippen LogP contribution in [0.1, 0.15) is 96.8 Å². The summed E-state index contributed by atoms with van der Waals surface area (Å²) in [4.78, 5) is 12.2. The van der Waals surface area contributed by atoms with Crippen molar-refractivity contribution < 1.29 is 4.79 Å². The molecule has 1 amide bonds. The monoisotopic (exact) mass is 499 g/mol. The van der Waals surface area contributed by atoms with Gasteiger partial charge in [-0.05, 0) is 44.2 Å². The first-order chi connectivity index (χ1) is 17.3. The molecule has 0 radical (unpaired) electrons. The van der Waals surface area contributed by atoms with Crippen LogP contribution in [0.5, 0.6) is 0 Å². The summed E-state index contributed by atoms with van der Waals surface area (Å²) in [7, 11) is 0. The number of allylic oxidation sites excluding steroid dienone is 2. The standard InChI is InChI=1S/C28H45N5OS/c1-2-3-4-5-6-7-8-9-10-11-12-13-14-15-19-22-26(34)31-28-33-32-27(35-28)30-24-23-29-25-20-17-16-18-21-25/h9-10,16-18,20-21,29H,2-8,11-15,19,22-24H2,1H3,(H,30,32)(H,31,33,34)/b10-9+. The van der Waals surface area contributed by atoms with Gasteiger partial charge in [0.1, 0.15) is 0 Å². The Morgan fingerprint density at radius 2 is 1.37 bits per heavy atom. The predicted molar refractivity (Wildman–Crippen MR) is 151 cm³/mol. The molecule has 1 aromatic carbocycles. The Hall–Kier alpha value is -2.41. The van der Waals surface area contributed by atoms with E-state index in [2.05, 4.69) is 45.2 Å². The van der Waals surface area contributed by atoms with Crippen LogP contribution in [0.25, 0.3) is 0 Å². The molecule has 35 heavy (non-hydrogen) atoms. The van der Waals surface area contributed by atoms with Gasteiger partial charge in [-0.25, -0.2) is 0 Å². The molecule has 0 unspecified atom stereocenters. The Bertz CT molecular complexity index is 809. The molecule has 0 saturated heterocycles. The molecule has 194 valence electrons. The minimum atomic E-state index is 0.0241. The van der Waals surface area contributed by atoms with E-state index in [0.717, 1.165) is 36.8 Å². The Morgan fingerprint density at radius 3 is 2.09 bits per heavy atom. The van der Waals surface area contributed by atoms with Gasteiger partial charge in [-0.15, -0.1) is 10.2 Å². The van der Waals surface area contributed by atoms with Crippen molar-refractivity contribution in [3.8, 4) is 0 Å². The van der Waals surface area contributed by atoms with Gasteiger partial charge in [0.15, 0.2) is 0 Å². The first-order valence-corrected chi connectivity index (χ1v) is 14.4. The number of amides is 1. The van der Waals surface area contributed by atoms with E-state index < -0.39 is 0 Å². The Morgan fingerprint density at radius 1 is 0.771 bits per heavy atom. The van der Waals surface area contributed by atoms with Crippen LogP contribution in [-0.2, 0) is 4.79 Å². The summed E-state index contributed by atoms with van der Waals surface area (Å²) < 4.78 is 0. The van der Waals surface area contributed by atoms with Crippen LogP contribution in [0.2, 0.25) is 0 Å². The van der Waals surface area contributed by atoms with E-state index in [0.29, 0.717) is 11.6 Å². The van der Waals surface area contributed by atoms with E-state index >= 15 is 0 Å². The maximum Gasteiger partial charge on any atom is 0.226 e. The molecule has 0 aliphatic carbocycles. The van der Waals surface area contributed by atoms with Gasteiger partial charge in [-0.3, -0.25) is 4.79 Å². The smallest absolute Gasteiger partial charge is 0.226 e. The zero-order valence-corrected chi connectivity index (χ0v) is 22.4. The molecule has 7 heteroatoms. The highest BCUT2D eigenvalue weighted by molar-refractivity contribution is 7.19. The number of carbonyl (C=O) groups excluding carboxylic acids is 1. The minimum Gasteiger partial charge on any atom is -0.383 e. The van der Waals surface area contributed by atoms with Gasteiger partial charge in [-0.2, -0.15) is 0 Å². The molecule has 0 saturated carbocycles. The number of aromatic nitrogens is 2. The molecule has 0 bridgehead atoms. The number of nitrogens with one attached hydrogen (secondary N) is 3. The van der Waals surface area contributed by atoms with Gasteiger partial charge in [-0.1, -0.05) is 100.0 Å². The molecule has 0 atom stereocenters. The lowest BCUT2D eigenvalue weighted by Gasteiger charge is -2.06. The number of nitrogens with zero attached hydrogens (tertiary/aromatic N) is 2. The van der Waals surface area contributed by atoms with Gasteiger partial charge < -0.3 is 16.0 Å². The quantitative estimate of drug-likeness (QED) is 0.120. The van der Waals surface area contributed by atoms with Crippen molar-refractivity contribution in [1.82, 2.24) is 10.2 Å². The number of benzene rings is 1. The lowest BCUT2D eigenvalue weighted by atomic mass is 10.1. The third-order valence-electron chi connectivity index (χ3n) is 5.84. The fraction of sp³-hybridized carbons (Fsp3) is 0.607. The highest BCUT2D eigenvalue weighted by Gasteiger charge is 2.07. The molecule has 2 aromatic rings. The summed E-state index contributed by atoms with van der Waals surface area (Å²) >= 11 is 1.37. The molecular formula is C28H45N5OS.